The van der Waals surface area contributed by atoms with E-state index in [1.807, 2.05) is 60.1 Å². The van der Waals surface area contributed by atoms with Crippen LogP contribution in [0.1, 0.15) is 12.5 Å². The zero-order valence-corrected chi connectivity index (χ0v) is 11.3. The molecule has 0 bridgehead atoms. The third kappa shape index (κ3) is 3.97. The Kier molecular flexibility index (Phi) is 5.54. The Labute approximate surface area is 109 Å². The van der Waals surface area contributed by atoms with Gasteiger partial charge < -0.3 is 10.5 Å². The third-order valence-electron chi connectivity index (χ3n) is 2.11. The van der Waals surface area contributed by atoms with Crippen molar-refractivity contribution in [2.75, 3.05) is 6.54 Å². The molecule has 0 radical (unpaired) electrons. The Bertz CT molecular complexity index is 332. The molecule has 0 saturated carbocycles. The molecule has 0 aromatic heterocycles. The van der Waals surface area contributed by atoms with Crippen LogP contribution in [-0.2, 0) is 11.3 Å². The molecule has 1 unspecified atom stereocenters. The van der Waals surface area contributed by atoms with Gasteiger partial charge >= 0.3 is 6.09 Å². The lowest BCUT2D eigenvalue weighted by molar-refractivity contribution is 0.119. The summed E-state index contributed by atoms with van der Waals surface area (Å²) in [4.78, 5) is 11.6. The predicted molar refractivity (Wildman–Crippen MR) is 71.0 cm³/mol. The number of rotatable bonds is 4. The molecule has 1 rings (SSSR count). The van der Waals surface area contributed by atoms with Gasteiger partial charge in [-0.15, -0.1) is 0 Å². The van der Waals surface area contributed by atoms with Gasteiger partial charge in [0.15, 0.2) is 0 Å². The fourth-order valence-electron chi connectivity index (χ4n) is 1.05. The van der Waals surface area contributed by atoms with Gasteiger partial charge in [-0.2, -0.15) is 0 Å². The van der Waals surface area contributed by atoms with Gasteiger partial charge in [0.2, 0.25) is 0 Å². The van der Waals surface area contributed by atoms with Gasteiger partial charge in [0.25, 0.3) is 0 Å². The number of carbonyl (C=O) groups is 1. The quantitative estimate of drug-likeness (QED) is 0.679. The Hall–Kier alpha value is -0.820. The SMILES string of the molecule is CC(CN)N(I)C(=O)OCc1ccccc1. The Morgan fingerprint density at radius 3 is 2.69 bits per heavy atom. The van der Waals surface area contributed by atoms with Crippen LogP contribution in [-0.4, -0.2) is 21.8 Å². The monoisotopic (exact) mass is 334 g/mol. The minimum atomic E-state index is -0.359. The molecule has 2 N–H and O–H groups in total. The lowest BCUT2D eigenvalue weighted by Crippen LogP contribution is -2.35. The van der Waals surface area contributed by atoms with Crippen molar-refractivity contribution in [1.29, 1.82) is 0 Å². The highest BCUT2D eigenvalue weighted by atomic mass is 127. The summed E-state index contributed by atoms with van der Waals surface area (Å²) in [6.45, 7) is 2.58. The molecule has 1 amide bonds. The molecule has 1 aromatic carbocycles. The molecule has 0 aliphatic rings. The third-order valence-corrected chi connectivity index (χ3v) is 3.45. The number of hydrogen-bond acceptors (Lipinski definition) is 3. The minimum Gasteiger partial charge on any atom is -0.444 e. The van der Waals surface area contributed by atoms with E-state index >= 15 is 0 Å². The Morgan fingerprint density at radius 2 is 2.12 bits per heavy atom. The molecule has 0 heterocycles. The summed E-state index contributed by atoms with van der Waals surface area (Å²) in [7, 11) is 0. The number of carbonyl (C=O) groups excluding carboxylic acids is 1. The van der Waals surface area contributed by atoms with Crippen LogP contribution >= 0.6 is 22.9 Å². The minimum absolute atomic E-state index is 0.0242. The van der Waals surface area contributed by atoms with Crippen LogP contribution in [0.4, 0.5) is 4.79 Å². The van der Waals surface area contributed by atoms with Gasteiger partial charge in [0, 0.05) is 6.54 Å². The van der Waals surface area contributed by atoms with Crippen LogP contribution < -0.4 is 5.73 Å². The lowest BCUT2D eigenvalue weighted by Gasteiger charge is -2.20. The number of nitrogens with two attached hydrogens (primary N) is 1. The second-order valence-electron chi connectivity index (χ2n) is 3.44. The van der Waals surface area contributed by atoms with E-state index in [4.69, 9.17) is 10.5 Å². The Balaban J connectivity index is 2.41. The fourth-order valence-corrected chi connectivity index (χ4v) is 1.42. The molecular formula is C11H15IN2O2. The molecule has 0 saturated heterocycles. The molecule has 1 atom stereocenters. The topological polar surface area (TPSA) is 55.6 Å². The van der Waals surface area contributed by atoms with Gasteiger partial charge in [-0.3, -0.25) is 0 Å². The second-order valence-corrected chi connectivity index (χ2v) is 4.48. The van der Waals surface area contributed by atoms with Gasteiger partial charge in [-0.05, 0) is 12.5 Å². The number of hydrogen-bond donors (Lipinski definition) is 1. The summed E-state index contributed by atoms with van der Waals surface area (Å²) in [5.41, 5.74) is 6.44. The molecule has 5 heteroatoms. The maximum Gasteiger partial charge on any atom is 0.419 e. The zero-order valence-electron chi connectivity index (χ0n) is 9.10. The maximum absolute atomic E-state index is 11.6. The summed E-state index contributed by atoms with van der Waals surface area (Å²) >= 11 is 1.92. The average molecular weight is 334 g/mol. The van der Waals surface area contributed by atoms with Crippen LogP contribution in [0.25, 0.3) is 0 Å². The molecule has 0 aliphatic carbocycles. The van der Waals surface area contributed by atoms with Gasteiger partial charge in [0.1, 0.15) is 6.61 Å². The van der Waals surface area contributed by atoms with Crippen LogP contribution in [0.2, 0.25) is 0 Å². The molecule has 0 aliphatic heterocycles. The first-order chi connectivity index (χ1) is 7.65. The van der Waals surface area contributed by atoms with Crippen LogP contribution in [0.15, 0.2) is 30.3 Å². The zero-order chi connectivity index (χ0) is 12.0. The van der Waals surface area contributed by atoms with Crippen molar-refractivity contribution >= 4 is 29.0 Å². The van der Waals surface area contributed by atoms with Crippen molar-refractivity contribution in [2.45, 2.75) is 19.6 Å². The van der Waals surface area contributed by atoms with E-state index in [0.717, 1.165) is 5.56 Å². The number of ether oxygens (including phenoxy) is 1. The number of halogens is 1. The van der Waals surface area contributed by atoms with Gasteiger partial charge in [0.05, 0.1) is 28.9 Å². The van der Waals surface area contributed by atoms with Gasteiger partial charge in [-0.25, -0.2) is 7.91 Å². The highest BCUT2D eigenvalue weighted by molar-refractivity contribution is 14.1. The van der Waals surface area contributed by atoms with Gasteiger partial charge in [-0.1, -0.05) is 30.3 Å². The first kappa shape index (κ1) is 13.2. The van der Waals surface area contributed by atoms with Crippen LogP contribution in [0, 0.1) is 0 Å². The smallest absolute Gasteiger partial charge is 0.419 e. The van der Waals surface area contributed by atoms with E-state index in [2.05, 4.69) is 0 Å². The number of amides is 1. The fraction of sp³-hybridized carbons (Fsp3) is 0.364. The summed E-state index contributed by atoms with van der Waals surface area (Å²) in [6.07, 6.45) is -0.359. The van der Waals surface area contributed by atoms with E-state index in [1.54, 1.807) is 0 Å². The van der Waals surface area contributed by atoms with E-state index in [9.17, 15) is 4.79 Å². The predicted octanol–water partition coefficient (Wildman–Crippen LogP) is 2.32. The van der Waals surface area contributed by atoms with Crippen molar-refractivity contribution in [3.05, 3.63) is 35.9 Å². The number of nitrogens with zero attached hydrogens (tertiary/aromatic N) is 1. The van der Waals surface area contributed by atoms with Crippen molar-refractivity contribution in [3.8, 4) is 0 Å². The molecule has 4 nitrogen and oxygen atoms in total. The molecule has 88 valence electrons. The number of benzene rings is 1. The van der Waals surface area contributed by atoms with Crippen molar-refractivity contribution in [2.24, 2.45) is 5.73 Å². The Morgan fingerprint density at radius 1 is 1.50 bits per heavy atom. The summed E-state index contributed by atoms with van der Waals surface area (Å²) in [5, 5.41) is 0. The van der Waals surface area contributed by atoms with Crippen molar-refractivity contribution in [3.63, 3.8) is 0 Å². The average Bonchev–Trinajstić information content (AvgIpc) is 2.35. The highest BCUT2D eigenvalue weighted by Crippen LogP contribution is 2.10. The summed E-state index contributed by atoms with van der Waals surface area (Å²) in [6, 6.07) is 9.55. The van der Waals surface area contributed by atoms with Crippen molar-refractivity contribution < 1.29 is 9.53 Å². The van der Waals surface area contributed by atoms with E-state index in [0.29, 0.717) is 6.54 Å². The largest absolute Gasteiger partial charge is 0.444 e. The molecule has 16 heavy (non-hydrogen) atoms. The standard InChI is InChI=1S/C11H15IN2O2/c1-9(7-13)14(12)11(15)16-8-10-5-3-2-4-6-10/h2-6,9H,7-8,13H2,1H3. The molecule has 0 spiro atoms. The lowest BCUT2D eigenvalue weighted by atomic mass is 10.2. The normalized spacial score (nSPS) is 11.9. The van der Waals surface area contributed by atoms with E-state index < -0.39 is 0 Å². The highest BCUT2D eigenvalue weighted by Gasteiger charge is 2.17. The van der Waals surface area contributed by atoms with Crippen LogP contribution in [0.5, 0.6) is 0 Å². The first-order valence-corrected chi connectivity index (χ1v) is 5.97. The first-order valence-electron chi connectivity index (χ1n) is 5.01. The summed E-state index contributed by atoms with van der Waals surface area (Å²) in [5.74, 6) is 0. The van der Waals surface area contributed by atoms with Crippen LogP contribution in [0.3, 0.4) is 0 Å². The van der Waals surface area contributed by atoms with E-state index in [-0.39, 0.29) is 18.7 Å². The van der Waals surface area contributed by atoms with E-state index in [1.165, 1.54) is 3.11 Å². The molecule has 1 aromatic rings. The molecular weight excluding hydrogens is 319 g/mol. The molecule has 0 fully saturated rings. The van der Waals surface area contributed by atoms with Crippen molar-refractivity contribution in [1.82, 2.24) is 3.11 Å². The maximum atomic E-state index is 11.6. The summed E-state index contributed by atoms with van der Waals surface area (Å²) < 4.78 is 6.61. The second kappa shape index (κ2) is 6.70.